The second-order valence-corrected chi connectivity index (χ2v) is 20.6. The zero-order valence-corrected chi connectivity index (χ0v) is 45.5. The van der Waals surface area contributed by atoms with Gasteiger partial charge in [0.05, 0.1) is 0 Å². The SMILES string of the molecule is CCCCCCCC/C=C\CCCCCCCCCC(=O)OC[C@H](COC(=O)CCCCCCCCCCCCCCCCC)OC(=O)CCCCCCCCCCCCCCCCCCC. The Kier molecular flexibility index (Phi) is 55.2. The lowest BCUT2D eigenvalue weighted by atomic mass is 10.0. The Bertz CT molecular complexity index is 1040. The van der Waals surface area contributed by atoms with Crippen molar-refractivity contribution in [1.29, 1.82) is 0 Å². The highest BCUT2D eigenvalue weighted by Crippen LogP contribution is 2.17. The second-order valence-electron chi connectivity index (χ2n) is 20.6. The van der Waals surface area contributed by atoms with Gasteiger partial charge in [-0.2, -0.15) is 0 Å². The molecule has 0 heterocycles. The van der Waals surface area contributed by atoms with Crippen LogP contribution in [-0.2, 0) is 28.6 Å². The molecule has 0 bridgehead atoms. The van der Waals surface area contributed by atoms with Crippen LogP contribution in [0.3, 0.4) is 0 Å². The minimum Gasteiger partial charge on any atom is -0.462 e. The summed E-state index contributed by atoms with van der Waals surface area (Å²) in [7, 11) is 0. The molecule has 0 saturated heterocycles. The molecule has 0 rings (SSSR count). The van der Waals surface area contributed by atoms with Crippen molar-refractivity contribution in [3.05, 3.63) is 12.2 Å². The average Bonchev–Trinajstić information content (AvgIpc) is 3.33. The minimum atomic E-state index is -0.766. The van der Waals surface area contributed by atoms with Gasteiger partial charge in [0.15, 0.2) is 6.10 Å². The molecule has 0 aromatic heterocycles. The van der Waals surface area contributed by atoms with E-state index in [1.165, 1.54) is 244 Å². The molecule has 0 N–H and O–H groups in total. The van der Waals surface area contributed by atoms with E-state index >= 15 is 0 Å². The highest BCUT2D eigenvalue weighted by Gasteiger charge is 2.19. The van der Waals surface area contributed by atoms with Gasteiger partial charge < -0.3 is 14.2 Å². The lowest BCUT2D eigenvalue weighted by molar-refractivity contribution is -0.167. The normalized spacial score (nSPS) is 12.0. The molecule has 0 aromatic rings. The number of rotatable bonds is 56. The van der Waals surface area contributed by atoms with Crippen LogP contribution >= 0.6 is 0 Å². The van der Waals surface area contributed by atoms with Gasteiger partial charge in [0.2, 0.25) is 0 Å². The van der Waals surface area contributed by atoms with E-state index in [0.29, 0.717) is 19.3 Å². The topological polar surface area (TPSA) is 78.9 Å². The molecule has 0 unspecified atom stereocenters. The number of unbranched alkanes of at least 4 members (excludes halogenated alkanes) is 43. The third-order valence-corrected chi connectivity index (χ3v) is 13.8. The van der Waals surface area contributed by atoms with E-state index < -0.39 is 6.10 Å². The summed E-state index contributed by atoms with van der Waals surface area (Å²) in [6, 6.07) is 0. The van der Waals surface area contributed by atoms with Crippen LogP contribution in [0, 0.1) is 0 Å². The summed E-state index contributed by atoms with van der Waals surface area (Å²) in [6.45, 7) is 6.70. The van der Waals surface area contributed by atoms with E-state index in [1.807, 2.05) is 0 Å². The summed E-state index contributed by atoms with van der Waals surface area (Å²) in [5, 5.41) is 0. The maximum atomic E-state index is 12.9. The molecule has 0 saturated carbocycles. The molecular formula is C61H116O6. The van der Waals surface area contributed by atoms with Crippen LogP contribution in [0.4, 0.5) is 0 Å². The molecule has 1 atom stereocenters. The fourth-order valence-corrected chi connectivity index (χ4v) is 9.21. The highest BCUT2D eigenvalue weighted by molar-refractivity contribution is 5.71. The Balaban J connectivity index is 4.31. The number of esters is 3. The number of ether oxygens (including phenoxy) is 3. The summed E-state index contributed by atoms with van der Waals surface area (Å²) in [5.41, 5.74) is 0. The predicted octanol–water partition coefficient (Wildman–Crippen LogP) is 20.1. The number of hydrogen-bond acceptors (Lipinski definition) is 6. The molecule has 0 amide bonds. The van der Waals surface area contributed by atoms with E-state index in [4.69, 9.17) is 14.2 Å². The first-order valence-corrected chi connectivity index (χ1v) is 30.2. The molecule has 6 nitrogen and oxygen atoms in total. The largest absolute Gasteiger partial charge is 0.462 e. The third kappa shape index (κ3) is 55.0. The number of carbonyl (C=O) groups is 3. The smallest absolute Gasteiger partial charge is 0.306 e. The van der Waals surface area contributed by atoms with Gasteiger partial charge in [-0.15, -0.1) is 0 Å². The monoisotopic (exact) mass is 945 g/mol. The van der Waals surface area contributed by atoms with Gasteiger partial charge in [0, 0.05) is 19.3 Å². The zero-order valence-electron chi connectivity index (χ0n) is 45.5. The first-order chi connectivity index (χ1) is 33.0. The van der Waals surface area contributed by atoms with Crippen LogP contribution < -0.4 is 0 Å². The molecule has 0 aliphatic rings. The Hall–Kier alpha value is -1.85. The molecule has 67 heavy (non-hydrogen) atoms. The first kappa shape index (κ1) is 65.1. The van der Waals surface area contributed by atoms with Gasteiger partial charge in [-0.1, -0.05) is 290 Å². The Labute approximate surface area is 418 Å². The van der Waals surface area contributed by atoms with Crippen molar-refractivity contribution in [3.8, 4) is 0 Å². The van der Waals surface area contributed by atoms with Crippen LogP contribution in [-0.4, -0.2) is 37.2 Å². The Morgan fingerprint density at radius 1 is 0.284 bits per heavy atom. The van der Waals surface area contributed by atoms with Crippen LogP contribution in [0.25, 0.3) is 0 Å². The third-order valence-electron chi connectivity index (χ3n) is 13.8. The molecule has 0 aromatic carbocycles. The van der Waals surface area contributed by atoms with E-state index in [-0.39, 0.29) is 31.1 Å². The van der Waals surface area contributed by atoms with E-state index in [9.17, 15) is 14.4 Å². The van der Waals surface area contributed by atoms with E-state index in [2.05, 4.69) is 32.9 Å². The highest BCUT2D eigenvalue weighted by atomic mass is 16.6. The van der Waals surface area contributed by atoms with Crippen molar-refractivity contribution in [2.24, 2.45) is 0 Å². The number of allylic oxidation sites excluding steroid dienone is 2. The van der Waals surface area contributed by atoms with Gasteiger partial charge in [0.25, 0.3) is 0 Å². The van der Waals surface area contributed by atoms with Gasteiger partial charge in [0.1, 0.15) is 13.2 Å². The molecule has 0 aliphatic heterocycles. The van der Waals surface area contributed by atoms with Gasteiger partial charge >= 0.3 is 17.9 Å². The van der Waals surface area contributed by atoms with Crippen molar-refractivity contribution in [1.82, 2.24) is 0 Å². The van der Waals surface area contributed by atoms with E-state index in [0.717, 1.165) is 57.8 Å². The van der Waals surface area contributed by atoms with Crippen LogP contribution in [0.2, 0.25) is 0 Å². The standard InChI is InChI=1S/C61H116O6/c1-4-7-10-13-16-19-22-25-28-30-33-36-39-42-45-48-51-54-60(63)66-57-58(56-65-59(62)53-50-47-44-41-38-35-32-27-24-21-18-15-12-9-6-3)67-61(64)55-52-49-46-43-40-37-34-31-29-26-23-20-17-14-11-8-5-2/h25,28,58H,4-24,26-27,29-57H2,1-3H3/b28-25-/t58-/m0/s1. The number of carbonyl (C=O) groups excluding carboxylic acids is 3. The van der Waals surface area contributed by atoms with Crippen LogP contribution in [0.5, 0.6) is 0 Å². The fraction of sp³-hybridized carbons (Fsp3) is 0.918. The van der Waals surface area contributed by atoms with Crippen molar-refractivity contribution < 1.29 is 28.6 Å². The quantitative estimate of drug-likeness (QED) is 0.0262. The maximum absolute atomic E-state index is 12.9. The summed E-state index contributed by atoms with van der Waals surface area (Å²) in [4.78, 5) is 38.2. The van der Waals surface area contributed by atoms with Crippen molar-refractivity contribution in [3.63, 3.8) is 0 Å². The van der Waals surface area contributed by atoms with Gasteiger partial charge in [-0.3, -0.25) is 14.4 Å². The van der Waals surface area contributed by atoms with Crippen LogP contribution in [0.15, 0.2) is 12.2 Å². The molecular weight excluding hydrogens is 829 g/mol. The predicted molar refractivity (Wildman–Crippen MR) is 289 cm³/mol. The molecule has 0 fully saturated rings. The summed E-state index contributed by atoms with van der Waals surface area (Å²) < 4.78 is 16.9. The van der Waals surface area contributed by atoms with Crippen molar-refractivity contribution in [2.45, 2.75) is 348 Å². The average molecular weight is 946 g/mol. The number of hydrogen-bond donors (Lipinski definition) is 0. The van der Waals surface area contributed by atoms with Gasteiger partial charge in [-0.05, 0) is 44.9 Å². The Morgan fingerprint density at radius 3 is 0.746 bits per heavy atom. The molecule has 6 heteroatoms. The lowest BCUT2D eigenvalue weighted by Crippen LogP contribution is -2.30. The first-order valence-electron chi connectivity index (χ1n) is 30.2. The fourth-order valence-electron chi connectivity index (χ4n) is 9.21. The van der Waals surface area contributed by atoms with E-state index in [1.54, 1.807) is 0 Å². The van der Waals surface area contributed by atoms with Gasteiger partial charge in [-0.25, -0.2) is 0 Å². The van der Waals surface area contributed by atoms with Crippen molar-refractivity contribution in [2.75, 3.05) is 13.2 Å². The molecule has 396 valence electrons. The molecule has 0 radical (unpaired) electrons. The zero-order chi connectivity index (χ0) is 48.6. The summed E-state index contributed by atoms with van der Waals surface area (Å²) in [5.74, 6) is -0.842. The maximum Gasteiger partial charge on any atom is 0.306 e. The minimum absolute atomic E-state index is 0.0649. The van der Waals surface area contributed by atoms with Crippen molar-refractivity contribution >= 4 is 17.9 Å². The lowest BCUT2D eigenvalue weighted by Gasteiger charge is -2.18. The summed E-state index contributed by atoms with van der Waals surface area (Å²) in [6.07, 6.45) is 64.9. The summed E-state index contributed by atoms with van der Waals surface area (Å²) >= 11 is 0. The molecule has 0 spiro atoms. The molecule has 0 aliphatic carbocycles. The Morgan fingerprint density at radius 2 is 0.493 bits per heavy atom. The van der Waals surface area contributed by atoms with Crippen LogP contribution in [0.1, 0.15) is 342 Å². The second kappa shape index (κ2) is 56.7.